The lowest BCUT2D eigenvalue weighted by Crippen LogP contribution is -2.41. The van der Waals surface area contributed by atoms with E-state index in [2.05, 4.69) is 10.4 Å². The lowest BCUT2D eigenvalue weighted by molar-refractivity contribution is -0.00614. The molecule has 5 heteroatoms. The summed E-state index contributed by atoms with van der Waals surface area (Å²) in [5.41, 5.74) is 1.83. The molecule has 0 spiro atoms. The zero-order valence-corrected chi connectivity index (χ0v) is 12.1. The summed E-state index contributed by atoms with van der Waals surface area (Å²) in [4.78, 5) is 0. The molecule has 102 valence electrons. The predicted octanol–water partition coefficient (Wildman–Crippen LogP) is 2.43. The number of rotatable bonds is 4. The molecule has 18 heavy (non-hydrogen) atoms. The van der Waals surface area contributed by atoms with Crippen molar-refractivity contribution in [3.05, 3.63) is 16.4 Å². The molecule has 0 saturated heterocycles. The molecular formula is C13H22ClN3O. The minimum absolute atomic E-state index is 0.287. The molecule has 1 aliphatic rings. The molecule has 2 rings (SSSR count). The molecule has 1 heterocycles. The summed E-state index contributed by atoms with van der Waals surface area (Å²) in [5, 5.41) is 8.38. The van der Waals surface area contributed by atoms with E-state index < -0.39 is 0 Å². The number of aryl methyl sites for hydroxylation is 2. The van der Waals surface area contributed by atoms with E-state index in [1.54, 1.807) is 0 Å². The first kappa shape index (κ1) is 13.8. The van der Waals surface area contributed by atoms with Gasteiger partial charge in [0.15, 0.2) is 0 Å². The molecule has 2 atom stereocenters. The van der Waals surface area contributed by atoms with Gasteiger partial charge in [-0.1, -0.05) is 24.4 Å². The Morgan fingerprint density at radius 3 is 2.78 bits per heavy atom. The standard InChI is InChI=1S/C13H22ClN3O/c1-9-13(14)11(17(3)16-9)8-18-12-7-5-4-6-10(12)15-2/h10,12,15H,4-8H2,1-3H3. The second kappa shape index (κ2) is 6.04. The monoisotopic (exact) mass is 271 g/mol. The van der Waals surface area contributed by atoms with E-state index in [9.17, 15) is 0 Å². The average Bonchev–Trinajstić information content (AvgIpc) is 2.62. The highest BCUT2D eigenvalue weighted by molar-refractivity contribution is 6.31. The van der Waals surface area contributed by atoms with E-state index in [0.717, 1.165) is 22.8 Å². The van der Waals surface area contributed by atoms with Gasteiger partial charge in [-0.2, -0.15) is 5.10 Å². The van der Waals surface area contributed by atoms with Crippen LogP contribution in [0.25, 0.3) is 0 Å². The zero-order valence-electron chi connectivity index (χ0n) is 11.4. The largest absolute Gasteiger partial charge is 0.370 e. The second-order valence-electron chi connectivity index (χ2n) is 5.00. The number of nitrogens with one attached hydrogen (secondary N) is 1. The first-order valence-electron chi connectivity index (χ1n) is 6.60. The van der Waals surface area contributed by atoms with E-state index in [-0.39, 0.29) is 6.10 Å². The quantitative estimate of drug-likeness (QED) is 0.914. The SMILES string of the molecule is CNC1CCCCC1OCc1c(Cl)c(C)nn1C. The van der Waals surface area contributed by atoms with Crippen LogP contribution in [0.5, 0.6) is 0 Å². The molecule has 0 amide bonds. The van der Waals surface area contributed by atoms with Crippen molar-refractivity contribution < 1.29 is 4.74 Å². The van der Waals surface area contributed by atoms with Crippen LogP contribution in [0.2, 0.25) is 5.02 Å². The van der Waals surface area contributed by atoms with Crippen LogP contribution in [0.3, 0.4) is 0 Å². The van der Waals surface area contributed by atoms with E-state index in [0.29, 0.717) is 12.6 Å². The Bertz CT molecular complexity index is 405. The van der Waals surface area contributed by atoms with Gasteiger partial charge in [-0.25, -0.2) is 0 Å². The number of hydrogen-bond donors (Lipinski definition) is 1. The Morgan fingerprint density at radius 2 is 2.17 bits per heavy atom. The molecule has 1 fully saturated rings. The Morgan fingerprint density at radius 1 is 1.44 bits per heavy atom. The summed E-state index contributed by atoms with van der Waals surface area (Å²) in [6, 6.07) is 0.465. The summed E-state index contributed by atoms with van der Waals surface area (Å²) in [5.74, 6) is 0. The highest BCUT2D eigenvalue weighted by atomic mass is 35.5. The van der Waals surface area contributed by atoms with Crippen molar-refractivity contribution in [3.8, 4) is 0 Å². The summed E-state index contributed by atoms with van der Waals surface area (Å²) in [6.07, 6.45) is 5.15. The number of aromatic nitrogens is 2. The number of nitrogens with zero attached hydrogens (tertiary/aromatic N) is 2. The van der Waals surface area contributed by atoms with Crippen LogP contribution >= 0.6 is 11.6 Å². The van der Waals surface area contributed by atoms with Gasteiger partial charge in [-0.05, 0) is 26.8 Å². The number of hydrogen-bond acceptors (Lipinski definition) is 3. The fourth-order valence-electron chi connectivity index (χ4n) is 2.65. The lowest BCUT2D eigenvalue weighted by Gasteiger charge is -2.31. The van der Waals surface area contributed by atoms with Crippen molar-refractivity contribution >= 4 is 11.6 Å². The van der Waals surface area contributed by atoms with Crippen LogP contribution in [0, 0.1) is 6.92 Å². The molecule has 1 N–H and O–H groups in total. The summed E-state index contributed by atoms with van der Waals surface area (Å²) < 4.78 is 7.85. The van der Waals surface area contributed by atoms with Crippen LogP contribution < -0.4 is 5.32 Å². The van der Waals surface area contributed by atoms with Crippen LogP contribution in [0.1, 0.15) is 37.1 Å². The van der Waals surface area contributed by atoms with Crippen LogP contribution in [-0.4, -0.2) is 29.0 Å². The number of likely N-dealkylation sites (N-methyl/N-ethyl adjacent to an activating group) is 1. The van der Waals surface area contributed by atoms with Crippen molar-refractivity contribution in [1.29, 1.82) is 0 Å². The Hall–Kier alpha value is -0.580. The molecule has 1 aromatic heterocycles. The van der Waals surface area contributed by atoms with Gasteiger partial charge in [0.05, 0.1) is 29.1 Å². The third-order valence-corrected chi connectivity index (χ3v) is 4.26. The van der Waals surface area contributed by atoms with Gasteiger partial charge in [-0.3, -0.25) is 4.68 Å². The highest BCUT2D eigenvalue weighted by Crippen LogP contribution is 2.25. The fourth-order valence-corrected chi connectivity index (χ4v) is 2.86. The summed E-state index contributed by atoms with van der Waals surface area (Å²) in [7, 11) is 3.92. The molecule has 0 radical (unpaired) electrons. The molecule has 1 aromatic rings. The lowest BCUT2D eigenvalue weighted by atomic mass is 9.92. The van der Waals surface area contributed by atoms with Gasteiger partial charge < -0.3 is 10.1 Å². The third kappa shape index (κ3) is 2.87. The maximum Gasteiger partial charge on any atom is 0.0904 e. The van der Waals surface area contributed by atoms with Crippen molar-refractivity contribution in [2.24, 2.45) is 7.05 Å². The first-order chi connectivity index (χ1) is 8.63. The van der Waals surface area contributed by atoms with Gasteiger partial charge in [0, 0.05) is 13.1 Å². The Kier molecular flexibility index (Phi) is 4.65. The van der Waals surface area contributed by atoms with Gasteiger partial charge in [0.2, 0.25) is 0 Å². The topological polar surface area (TPSA) is 39.1 Å². The van der Waals surface area contributed by atoms with E-state index in [4.69, 9.17) is 16.3 Å². The molecule has 0 aliphatic heterocycles. The predicted molar refractivity (Wildman–Crippen MR) is 72.8 cm³/mol. The molecule has 1 saturated carbocycles. The number of halogens is 1. The third-order valence-electron chi connectivity index (χ3n) is 3.77. The minimum atomic E-state index is 0.287. The number of ether oxygens (including phenoxy) is 1. The molecular weight excluding hydrogens is 250 g/mol. The second-order valence-corrected chi connectivity index (χ2v) is 5.38. The van der Waals surface area contributed by atoms with Crippen LogP contribution in [-0.2, 0) is 18.4 Å². The minimum Gasteiger partial charge on any atom is -0.370 e. The molecule has 4 nitrogen and oxygen atoms in total. The maximum atomic E-state index is 6.22. The smallest absolute Gasteiger partial charge is 0.0904 e. The Balaban J connectivity index is 1.98. The molecule has 2 unspecified atom stereocenters. The van der Waals surface area contributed by atoms with Gasteiger partial charge >= 0.3 is 0 Å². The summed E-state index contributed by atoms with van der Waals surface area (Å²) >= 11 is 6.22. The molecule has 0 bridgehead atoms. The zero-order chi connectivity index (χ0) is 13.1. The van der Waals surface area contributed by atoms with Gasteiger partial charge in [0.25, 0.3) is 0 Å². The van der Waals surface area contributed by atoms with E-state index in [1.807, 2.05) is 25.7 Å². The summed E-state index contributed by atoms with van der Waals surface area (Å²) in [6.45, 7) is 2.46. The fraction of sp³-hybridized carbons (Fsp3) is 0.769. The molecule has 1 aliphatic carbocycles. The Labute approximate surface area is 114 Å². The van der Waals surface area contributed by atoms with Crippen LogP contribution in [0.15, 0.2) is 0 Å². The van der Waals surface area contributed by atoms with Crippen molar-refractivity contribution in [1.82, 2.24) is 15.1 Å². The average molecular weight is 272 g/mol. The normalized spacial score (nSPS) is 24.4. The van der Waals surface area contributed by atoms with Gasteiger partial charge in [0.1, 0.15) is 0 Å². The van der Waals surface area contributed by atoms with Crippen molar-refractivity contribution in [3.63, 3.8) is 0 Å². The highest BCUT2D eigenvalue weighted by Gasteiger charge is 2.25. The molecule has 0 aromatic carbocycles. The van der Waals surface area contributed by atoms with E-state index >= 15 is 0 Å². The van der Waals surface area contributed by atoms with Crippen molar-refractivity contribution in [2.45, 2.75) is 51.4 Å². The maximum absolute atomic E-state index is 6.22. The van der Waals surface area contributed by atoms with E-state index in [1.165, 1.54) is 19.3 Å². The van der Waals surface area contributed by atoms with Crippen LogP contribution in [0.4, 0.5) is 0 Å². The first-order valence-corrected chi connectivity index (χ1v) is 6.98. The van der Waals surface area contributed by atoms with Crippen molar-refractivity contribution in [2.75, 3.05) is 7.05 Å². The van der Waals surface area contributed by atoms with Gasteiger partial charge in [-0.15, -0.1) is 0 Å².